The maximum atomic E-state index is 12.1. The van der Waals surface area contributed by atoms with Crippen molar-refractivity contribution in [3.05, 3.63) is 53.7 Å². The van der Waals surface area contributed by atoms with Crippen LogP contribution in [0.5, 0.6) is 0 Å². The zero-order valence-electron chi connectivity index (χ0n) is 11.2. The van der Waals surface area contributed by atoms with Gasteiger partial charge >= 0.3 is 0 Å². The molecular formula is C15H14N4O2. The zero-order chi connectivity index (χ0) is 14.8. The number of amides is 2. The fourth-order valence-electron chi connectivity index (χ4n) is 2.27. The van der Waals surface area contributed by atoms with Crippen LogP contribution in [0.4, 0.5) is 11.5 Å². The molecule has 0 fully saturated rings. The van der Waals surface area contributed by atoms with Crippen LogP contribution >= 0.6 is 0 Å². The number of aromatic nitrogens is 1. The van der Waals surface area contributed by atoms with Crippen molar-refractivity contribution in [2.24, 2.45) is 5.73 Å². The van der Waals surface area contributed by atoms with Crippen molar-refractivity contribution < 1.29 is 9.59 Å². The molecule has 3 rings (SSSR count). The van der Waals surface area contributed by atoms with Crippen LogP contribution in [0.2, 0.25) is 0 Å². The van der Waals surface area contributed by atoms with Crippen molar-refractivity contribution in [3.8, 4) is 0 Å². The lowest BCUT2D eigenvalue weighted by Gasteiger charge is -2.25. The van der Waals surface area contributed by atoms with Gasteiger partial charge in [0.25, 0.3) is 0 Å². The van der Waals surface area contributed by atoms with Crippen LogP contribution in [-0.2, 0) is 11.2 Å². The molecular weight excluding hydrogens is 268 g/mol. The summed E-state index contributed by atoms with van der Waals surface area (Å²) in [5, 5.41) is 5.92. The van der Waals surface area contributed by atoms with E-state index in [-0.39, 0.29) is 5.91 Å². The van der Waals surface area contributed by atoms with Crippen LogP contribution in [-0.4, -0.2) is 22.8 Å². The minimum Gasteiger partial charge on any atom is -0.366 e. The first-order valence-corrected chi connectivity index (χ1v) is 6.54. The van der Waals surface area contributed by atoms with Gasteiger partial charge in [0, 0.05) is 18.3 Å². The molecule has 6 heteroatoms. The minimum atomic E-state index is -0.529. The van der Waals surface area contributed by atoms with Crippen LogP contribution in [0.15, 0.2) is 42.6 Å². The number of pyridine rings is 1. The van der Waals surface area contributed by atoms with Gasteiger partial charge in [-0.05, 0) is 23.8 Å². The van der Waals surface area contributed by atoms with Crippen LogP contribution < -0.4 is 16.4 Å². The van der Waals surface area contributed by atoms with E-state index in [1.165, 1.54) is 6.20 Å². The van der Waals surface area contributed by atoms with Gasteiger partial charge in [0.05, 0.1) is 5.56 Å². The Morgan fingerprint density at radius 3 is 2.81 bits per heavy atom. The third kappa shape index (κ3) is 2.69. The summed E-state index contributed by atoms with van der Waals surface area (Å²) in [6.45, 7) is 0. The Bertz CT molecular complexity index is 697. The minimum absolute atomic E-state index is 0.102. The molecule has 2 amide bonds. The highest BCUT2D eigenvalue weighted by atomic mass is 16.2. The highest BCUT2D eigenvalue weighted by Gasteiger charge is 2.25. The summed E-state index contributed by atoms with van der Waals surface area (Å²) in [4.78, 5) is 27.1. The quantitative estimate of drug-likeness (QED) is 0.786. The van der Waals surface area contributed by atoms with Crippen LogP contribution in [0.3, 0.4) is 0 Å². The molecule has 0 saturated heterocycles. The molecule has 21 heavy (non-hydrogen) atoms. The number of carbonyl (C=O) groups excluding carboxylic acids is 2. The lowest BCUT2D eigenvalue weighted by Crippen LogP contribution is -2.40. The summed E-state index contributed by atoms with van der Waals surface area (Å²) >= 11 is 0. The number of nitrogens with zero attached hydrogens (tertiary/aromatic N) is 1. The number of hydrogen-bond donors (Lipinski definition) is 3. The van der Waals surface area contributed by atoms with Gasteiger partial charge in [0.1, 0.15) is 11.9 Å². The smallest absolute Gasteiger partial charge is 0.250 e. The second-order valence-electron chi connectivity index (χ2n) is 4.84. The Morgan fingerprint density at radius 2 is 2.10 bits per heavy atom. The van der Waals surface area contributed by atoms with Crippen molar-refractivity contribution in [2.75, 3.05) is 10.6 Å². The summed E-state index contributed by atoms with van der Waals surface area (Å²) in [5.74, 6) is -0.104. The normalized spacial score (nSPS) is 16.8. The average molecular weight is 282 g/mol. The predicted octanol–water partition coefficient (Wildman–Crippen LogP) is 1.16. The van der Waals surface area contributed by atoms with E-state index in [1.54, 1.807) is 12.1 Å². The number of nitrogens with one attached hydrogen (secondary N) is 2. The summed E-state index contributed by atoms with van der Waals surface area (Å²) in [6.07, 6.45) is 1.97. The lowest BCUT2D eigenvalue weighted by molar-refractivity contribution is -0.117. The molecule has 1 aromatic heterocycles. The molecule has 1 aromatic carbocycles. The Balaban J connectivity index is 1.76. The van der Waals surface area contributed by atoms with Gasteiger partial charge in [-0.2, -0.15) is 0 Å². The average Bonchev–Trinajstić information content (AvgIpc) is 2.48. The van der Waals surface area contributed by atoms with Crippen LogP contribution in [0, 0.1) is 0 Å². The van der Waals surface area contributed by atoms with E-state index >= 15 is 0 Å². The second-order valence-corrected chi connectivity index (χ2v) is 4.84. The van der Waals surface area contributed by atoms with E-state index in [9.17, 15) is 9.59 Å². The number of primary amides is 1. The Hall–Kier alpha value is -2.89. The van der Waals surface area contributed by atoms with Crippen molar-refractivity contribution in [2.45, 2.75) is 12.5 Å². The van der Waals surface area contributed by atoms with Crippen molar-refractivity contribution in [1.29, 1.82) is 0 Å². The van der Waals surface area contributed by atoms with Crippen molar-refractivity contribution >= 4 is 23.3 Å². The summed E-state index contributed by atoms with van der Waals surface area (Å²) in [5.41, 5.74) is 7.41. The number of para-hydroxylation sites is 1. The number of anilines is 2. The highest BCUT2D eigenvalue weighted by molar-refractivity contribution is 5.99. The van der Waals surface area contributed by atoms with E-state index in [1.807, 2.05) is 24.3 Å². The molecule has 2 heterocycles. The molecule has 1 unspecified atom stereocenters. The van der Waals surface area contributed by atoms with E-state index in [4.69, 9.17) is 5.73 Å². The molecule has 1 aliphatic rings. The molecule has 4 N–H and O–H groups in total. The largest absolute Gasteiger partial charge is 0.366 e. The van der Waals surface area contributed by atoms with Crippen LogP contribution in [0.1, 0.15) is 15.9 Å². The number of fused-ring (bicyclic) bond motifs is 1. The first-order chi connectivity index (χ1) is 10.1. The molecule has 6 nitrogen and oxygen atoms in total. The summed E-state index contributed by atoms with van der Waals surface area (Å²) in [6, 6.07) is 10.5. The van der Waals surface area contributed by atoms with Crippen molar-refractivity contribution in [3.63, 3.8) is 0 Å². The number of nitrogens with two attached hydrogens (primary N) is 1. The van der Waals surface area contributed by atoms with Crippen molar-refractivity contribution in [1.82, 2.24) is 4.98 Å². The van der Waals surface area contributed by atoms with E-state index in [0.29, 0.717) is 17.8 Å². The first-order valence-electron chi connectivity index (χ1n) is 6.54. The molecule has 1 atom stereocenters. The monoisotopic (exact) mass is 282 g/mol. The van der Waals surface area contributed by atoms with Gasteiger partial charge in [0.2, 0.25) is 11.8 Å². The second kappa shape index (κ2) is 5.24. The Kier molecular flexibility index (Phi) is 3.27. The van der Waals surface area contributed by atoms with Gasteiger partial charge in [-0.1, -0.05) is 18.2 Å². The summed E-state index contributed by atoms with van der Waals surface area (Å²) in [7, 11) is 0. The molecule has 0 bridgehead atoms. The third-order valence-corrected chi connectivity index (χ3v) is 3.39. The molecule has 0 saturated carbocycles. The Labute approximate surface area is 121 Å². The molecule has 2 aromatic rings. The van der Waals surface area contributed by atoms with Gasteiger partial charge in [-0.3, -0.25) is 9.59 Å². The predicted molar refractivity (Wildman–Crippen MR) is 78.9 cm³/mol. The van der Waals surface area contributed by atoms with E-state index in [2.05, 4.69) is 15.6 Å². The molecule has 0 radical (unpaired) electrons. The zero-order valence-corrected chi connectivity index (χ0v) is 11.2. The van der Waals surface area contributed by atoms with Crippen LogP contribution in [0.25, 0.3) is 0 Å². The van der Waals surface area contributed by atoms with Gasteiger partial charge < -0.3 is 16.4 Å². The molecule has 106 valence electrons. The third-order valence-electron chi connectivity index (χ3n) is 3.39. The fourth-order valence-corrected chi connectivity index (χ4v) is 2.27. The number of rotatable bonds is 3. The summed E-state index contributed by atoms with van der Waals surface area (Å²) < 4.78 is 0. The Morgan fingerprint density at radius 1 is 1.29 bits per heavy atom. The molecule has 0 spiro atoms. The van der Waals surface area contributed by atoms with Gasteiger partial charge in [-0.25, -0.2) is 4.98 Å². The lowest BCUT2D eigenvalue weighted by atomic mass is 9.99. The number of carbonyl (C=O) groups is 2. The van der Waals surface area contributed by atoms with Gasteiger partial charge in [0.15, 0.2) is 0 Å². The topological polar surface area (TPSA) is 97.1 Å². The fraction of sp³-hybridized carbons (Fsp3) is 0.133. The SMILES string of the molecule is NC(=O)c1ccc(NC2Cc3ccccc3NC2=O)nc1. The van der Waals surface area contributed by atoms with Gasteiger partial charge in [-0.15, -0.1) is 0 Å². The maximum Gasteiger partial charge on any atom is 0.250 e. The number of benzene rings is 1. The molecule has 1 aliphatic heterocycles. The standard InChI is InChI=1S/C15H14N4O2/c16-14(20)10-5-6-13(17-8-10)18-12-7-9-3-1-2-4-11(9)19-15(12)21/h1-6,8,12H,7H2,(H2,16,20)(H,17,18)(H,19,21). The van der Waals surface area contributed by atoms with E-state index in [0.717, 1.165) is 11.3 Å². The maximum absolute atomic E-state index is 12.1. The first kappa shape index (κ1) is 13.1. The highest BCUT2D eigenvalue weighted by Crippen LogP contribution is 2.23. The van der Waals surface area contributed by atoms with E-state index < -0.39 is 11.9 Å². The molecule has 0 aliphatic carbocycles. The number of hydrogen-bond acceptors (Lipinski definition) is 4.